The maximum Gasteiger partial charge on any atom is 0.319 e. The van der Waals surface area contributed by atoms with Gasteiger partial charge in [-0.15, -0.1) is 10.2 Å². The molecule has 0 N–H and O–H groups in total. The van der Waals surface area contributed by atoms with Crippen LogP contribution in [-0.4, -0.2) is 39.7 Å². The summed E-state index contributed by atoms with van der Waals surface area (Å²) in [5, 5.41) is 9.21. The van der Waals surface area contributed by atoms with Crippen molar-refractivity contribution in [2.45, 2.75) is 23.8 Å². The number of carbonyl (C=O) groups excluding carboxylic acids is 1. The van der Waals surface area contributed by atoms with Crippen molar-refractivity contribution in [1.82, 2.24) is 14.8 Å². The number of cyclic esters (lactones) is 1. The van der Waals surface area contributed by atoms with E-state index in [1.807, 2.05) is 54.0 Å². The van der Waals surface area contributed by atoms with Gasteiger partial charge < -0.3 is 9.47 Å². The van der Waals surface area contributed by atoms with E-state index in [9.17, 15) is 4.79 Å². The van der Waals surface area contributed by atoms with Gasteiger partial charge >= 0.3 is 5.97 Å². The number of esters is 1. The van der Waals surface area contributed by atoms with Gasteiger partial charge in [0.15, 0.2) is 11.0 Å². The van der Waals surface area contributed by atoms with Crippen LogP contribution in [0.3, 0.4) is 0 Å². The first kappa shape index (κ1) is 17.6. The van der Waals surface area contributed by atoms with E-state index in [4.69, 9.17) is 9.47 Å². The van der Waals surface area contributed by atoms with Crippen molar-refractivity contribution in [3.8, 4) is 22.8 Å². The molecule has 138 valence electrons. The first-order valence-electron chi connectivity index (χ1n) is 8.66. The Bertz CT molecular complexity index is 969. The molecule has 27 heavy (non-hydrogen) atoms. The molecule has 1 fully saturated rings. The van der Waals surface area contributed by atoms with Crippen molar-refractivity contribution in [2.75, 3.05) is 13.7 Å². The van der Waals surface area contributed by atoms with Gasteiger partial charge in [-0.1, -0.05) is 35.5 Å². The highest BCUT2D eigenvalue weighted by Crippen LogP contribution is 2.33. The van der Waals surface area contributed by atoms with Crippen LogP contribution in [0.25, 0.3) is 17.1 Å². The van der Waals surface area contributed by atoms with E-state index in [-0.39, 0.29) is 11.2 Å². The molecule has 1 atom stereocenters. The van der Waals surface area contributed by atoms with Crippen LogP contribution in [0.4, 0.5) is 0 Å². The molecule has 0 unspecified atom stereocenters. The molecule has 0 bridgehead atoms. The Kier molecular flexibility index (Phi) is 4.85. The summed E-state index contributed by atoms with van der Waals surface area (Å²) < 4.78 is 12.3. The summed E-state index contributed by atoms with van der Waals surface area (Å²) in [6.45, 7) is 2.50. The highest BCUT2D eigenvalue weighted by molar-refractivity contribution is 8.00. The van der Waals surface area contributed by atoms with Gasteiger partial charge in [-0.2, -0.15) is 0 Å². The summed E-state index contributed by atoms with van der Waals surface area (Å²) in [7, 11) is 1.64. The van der Waals surface area contributed by atoms with Crippen molar-refractivity contribution in [3.05, 3.63) is 54.1 Å². The minimum Gasteiger partial charge on any atom is -0.497 e. The van der Waals surface area contributed by atoms with Gasteiger partial charge in [-0.25, -0.2) is 0 Å². The number of aromatic nitrogens is 3. The second kappa shape index (κ2) is 7.44. The molecule has 1 aromatic heterocycles. The number of carbonyl (C=O) groups is 1. The quantitative estimate of drug-likeness (QED) is 0.629. The summed E-state index contributed by atoms with van der Waals surface area (Å²) in [6, 6.07) is 15.8. The maximum atomic E-state index is 11.9. The van der Waals surface area contributed by atoms with E-state index < -0.39 is 0 Å². The molecule has 1 aliphatic heterocycles. The average Bonchev–Trinajstić information content (AvgIpc) is 3.29. The molecule has 6 nitrogen and oxygen atoms in total. The van der Waals surface area contributed by atoms with E-state index in [1.165, 1.54) is 11.8 Å². The Morgan fingerprint density at radius 2 is 2.00 bits per heavy atom. The van der Waals surface area contributed by atoms with Gasteiger partial charge in [-0.3, -0.25) is 9.36 Å². The van der Waals surface area contributed by atoms with Crippen LogP contribution < -0.4 is 4.74 Å². The van der Waals surface area contributed by atoms with Crippen molar-refractivity contribution in [2.24, 2.45) is 0 Å². The normalized spacial score (nSPS) is 16.4. The number of hydrogen-bond acceptors (Lipinski definition) is 6. The summed E-state index contributed by atoms with van der Waals surface area (Å²) in [5.74, 6) is 1.32. The van der Waals surface area contributed by atoms with E-state index >= 15 is 0 Å². The largest absolute Gasteiger partial charge is 0.497 e. The molecule has 0 saturated carbocycles. The zero-order chi connectivity index (χ0) is 18.8. The topological polar surface area (TPSA) is 66.2 Å². The Hall–Kier alpha value is -2.80. The van der Waals surface area contributed by atoms with Crippen LogP contribution in [0.5, 0.6) is 5.75 Å². The lowest BCUT2D eigenvalue weighted by Gasteiger charge is -2.12. The molecule has 1 saturated heterocycles. The highest BCUT2D eigenvalue weighted by Gasteiger charge is 2.30. The molecule has 1 aliphatic rings. The number of nitrogens with zero attached hydrogens (tertiary/aromatic N) is 3. The van der Waals surface area contributed by atoms with Gasteiger partial charge in [0.25, 0.3) is 0 Å². The second-order valence-corrected chi connectivity index (χ2v) is 7.44. The maximum absolute atomic E-state index is 11.9. The lowest BCUT2D eigenvalue weighted by atomic mass is 10.1. The van der Waals surface area contributed by atoms with Gasteiger partial charge in [-0.05, 0) is 37.3 Å². The smallest absolute Gasteiger partial charge is 0.319 e. The van der Waals surface area contributed by atoms with Crippen LogP contribution >= 0.6 is 11.8 Å². The first-order chi connectivity index (χ1) is 13.2. The summed E-state index contributed by atoms with van der Waals surface area (Å²) in [4.78, 5) is 11.9. The Morgan fingerprint density at radius 1 is 1.19 bits per heavy atom. The lowest BCUT2D eigenvalue weighted by Crippen LogP contribution is -2.11. The molecular weight excluding hydrogens is 362 g/mol. The highest BCUT2D eigenvalue weighted by atomic mass is 32.2. The third kappa shape index (κ3) is 3.55. The molecule has 0 radical (unpaired) electrons. The number of hydrogen-bond donors (Lipinski definition) is 0. The van der Waals surface area contributed by atoms with E-state index in [0.29, 0.717) is 18.2 Å². The minimum atomic E-state index is -0.253. The predicted octanol–water partition coefficient (Wildman–Crippen LogP) is 3.66. The zero-order valence-corrected chi connectivity index (χ0v) is 15.9. The Labute approximate surface area is 161 Å². The molecule has 0 aliphatic carbocycles. The van der Waals surface area contributed by atoms with E-state index in [2.05, 4.69) is 16.3 Å². The molecule has 2 heterocycles. The molecule has 2 aromatic carbocycles. The fourth-order valence-electron chi connectivity index (χ4n) is 2.99. The van der Waals surface area contributed by atoms with Gasteiger partial charge in [0, 0.05) is 17.7 Å². The SMILES string of the molecule is COc1ccc(-n2c(S[C@@H]3CCOC3=O)nnc2-c2cccc(C)c2)cc1. The van der Waals surface area contributed by atoms with Crippen LogP contribution in [0.15, 0.2) is 53.7 Å². The molecule has 4 rings (SSSR count). The van der Waals surface area contributed by atoms with Gasteiger partial charge in [0.1, 0.15) is 11.0 Å². The third-order valence-corrected chi connectivity index (χ3v) is 5.56. The lowest BCUT2D eigenvalue weighted by molar-refractivity contribution is -0.137. The Morgan fingerprint density at radius 3 is 2.67 bits per heavy atom. The van der Waals surface area contributed by atoms with Gasteiger partial charge in [0.05, 0.1) is 13.7 Å². The van der Waals surface area contributed by atoms with Crippen molar-refractivity contribution >= 4 is 17.7 Å². The second-order valence-electron chi connectivity index (χ2n) is 6.27. The predicted molar refractivity (Wildman–Crippen MR) is 103 cm³/mol. The summed E-state index contributed by atoms with van der Waals surface area (Å²) in [5.41, 5.74) is 3.02. The van der Waals surface area contributed by atoms with Crippen molar-refractivity contribution in [3.63, 3.8) is 0 Å². The number of aryl methyl sites for hydroxylation is 1. The number of methoxy groups -OCH3 is 1. The third-order valence-electron chi connectivity index (χ3n) is 4.38. The van der Waals surface area contributed by atoms with Crippen LogP contribution in [0.1, 0.15) is 12.0 Å². The Balaban J connectivity index is 1.80. The summed E-state index contributed by atoms with van der Waals surface area (Å²) in [6.07, 6.45) is 0.679. The standard InChI is InChI=1S/C20H19N3O3S/c1-13-4-3-5-14(12-13)18-21-22-20(27-17-10-11-26-19(17)24)23(18)15-6-8-16(25-2)9-7-15/h3-9,12,17H,10-11H2,1-2H3/t17-/m1/s1. The molecular formula is C20H19N3O3S. The van der Waals surface area contributed by atoms with E-state index in [1.54, 1.807) is 7.11 Å². The molecule has 0 spiro atoms. The fourth-order valence-corrected chi connectivity index (χ4v) is 4.01. The van der Waals surface area contributed by atoms with Gasteiger partial charge in [0.2, 0.25) is 0 Å². The van der Waals surface area contributed by atoms with Crippen LogP contribution in [-0.2, 0) is 9.53 Å². The average molecular weight is 381 g/mol. The number of ether oxygens (including phenoxy) is 2. The fraction of sp³-hybridized carbons (Fsp3) is 0.250. The van der Waals surface area contributed by atoms with Crippen molar-refractivity contribution < 1.29 is 14.3 Å². The monoisotopic (exact) mass is 381 g/mol. The van der Waals surface area contributed by atoms with E-state index in [0.717, 1.165) is 28.4 Å². The molecule has 7 heteroatoms. The molecule has 3 aromatic rings. The number of thioether (sulfide) groups is 1. The van der Waals surface area contributed by atoms with Crippen LogP contribution in [0.2, 0.25) is 0 Å². The van der Waals surface area contributed by atoms with Crippen LogP contribution in [0, 0.1) is 6.92 Å². The minimum absolute atomic E-state index is 0.193. The number of benzene rings is 2. The molecule has 0 amide bonds. The number of rotatable bonds is 5. The van der Waals surface area contributed by atoms with Crippen molar-refractivity contribution in [1.29, 1.82) is 0 Å². The first-order valence-corrected chi connectivity index (χ1v) is 9.54. The summed E-state index contributed by atoms with van der Waals surface area (Å²) >= 11 is 1.39. The zero-order valence-electron chi connectivity index (χ0n) is 15.1.